The third-order valence-electron chi connectivity index (χ3n) is 4.00. The van der Waals surface area contributed by atoms with Crippen molar-refractivity contribution in [3.63, 3.8) is 0 Å². The molecule has 0 aliphatic rings. The van der Waals surface area contributed by atoms with E-state index >= 15 is 0 Å². The van der Waals surface area contributed by atoms with Crippen molar-refractivity contribution in [1.82, 2.24) is 15.1 Å². The number of benzene rings is 1. The van der Waals surface area contributed by atoms with Gasteiger partial charge in [0.05, 0.1) is 19.9 Å². The van der Waals surface area contributed by atoms with Gasteiger partial charge < -0.3 is 14.8 Å². The highest BCUT2D eigenvalue weighted by Gasteiger charge is 2.12. The van der Waals surface area contributed by atoms with Crippen molar-refractivity contribution < 1.29 is 9.47 Å². The van der Waals surface area contributed by atoms with Crippen LogP contribution in [0.15, 0.2) is 24.4 Å². The molecule has 1 N–H and O–H groups in total. The van der Waals surface area contributed by atoms with Crippen molar-refractivity contribution in [2.24, 2.45) is 7.05 Å². The third-order valence-corrected chi connectivity index (χ3v) is 4.00. The summed E-state index contributed by atoms with van der Waals surface area (Å²) in [6.07, 6.45) is 1.93. The fraction of sp³-hybridized carbons (Fsp3) is 0.471. The van der Waals surface area contributed by atoms with Gasteiger partial charge in [-0.15, -0.1) is 0 Å². The molecule has 0 spiro atoms. The van der Waals surface area contributed by atoms with Gasteiger partial charge in [0.2, 0.25) is 0 Å². The topological polar surface area (TPSA) is 48.3 Å². The molecule has 0 aliphatic carbocycles. The maximum atomic E-state index is 5.35. The summed E-state index contributed by atoms with van der Waals surface area (Å²) in [4.78, 5) is 0. The van der Waals surface area contributed by atoms with E-state index in [1.807, 2.05) is 24.0 Å². The summed E-state index contributed by atoms with van der Waals surface area (Å²) in [7, 11) is 5.34. The molecule has 1 aromatic heterocycles. The van der Waals surface area contributed by atoms with Crippen LogP contribution in [0.2, 0.25) is 0 Å². The molecule has 22 heavy (non-hydrogen) atoms. The number of ether oxygens (including phenoxy) is 2. The molecular formula is C17H25N3O2. The number of aryl methyl sites for hydroxylation is 1. The molecule has 0 radical (unpaired) electrons. The van der Waals surface area contributed by atoms with Gasteiger partial charge in [-0.25, -0.2) is 0 Å². The van der Waals surface area contributed by atoms with Crippen LogP contribution in [0.1, 0.15) is 35.3 Å². The Morgan fingerprint density at radius 1 is 1.32 bits per heavy atom. The van der Waals surface area contributed by atoms with Gasteiger partial charge in [0, 0.05) is 43.6 Å². The molecule has 1 unspecified atom stereocenters. The van der Waals surface area contributed by atoms with Crippen molar-refractivity contribution >= 4 is 0 Å². The number of aromatic nitrogens is 2. The molecule has 5 heteroatoms. The van der Waals surface area contributed by atoms with Crippen LogP contribution < -0.4 is 10.1 Å². The predicted molar refractivity (Wildman–Crippen MR) is 86.9 cm³/mol. The monoisotopic (exact) mass is 303 g/mol. The van der Waals surface area contributed by atoms with E-state index in [4.69, 9.17) is 9.47 Å². The van der Waals surface area contributed by atoms with Gasteiger partial charge in [0.1, 0.15) is 5.75 Å². The number of rotatable bonds is 7. The number of nitrogens with one attached hydrogen (secondary N) is 1. The molecule has 0 amide bonds. The van der Waals surface area contributed by atoms with E-state index < -0.39 is 0 Å². The van der Waals surface area contributed by atoms with Crippen LogP contribution in [0.3, 0.4) is 0 Å². The molecular weight excluding hydrogens is 278 g/mol. The lowest BCUT2D eigenvalue weighted by molar-refractivity contribution is 0.181. The Bertz CT molecular complexity index is 622. The SMILES string of the molecule is COCc1cc(CNC(C)c2cnn(C)c2C)ccc1OC. The average molecular weight is 303 g/mol. The molecule has 0 saturated heterocycles. The first-order valence-electron chi connectivity index (χ1n) is 7.43. The molecule has 5 nitrogen and oxygen atoms in total. The van der Waals surface area contributed by atoms with Crippen LogP contribution in [0.4, 0.5) is 0 Å². The van der Waals surface area contributed by atoms with Crippen molar-refractivity contribution in [3.8, 4) is 5.75 Å². The van der Waals surface area contributed by atoms with Crippen LogP contribution in [-0.4, -0.2) is 24.0 Å². The lowest BCUT2D eigenvalue weighted by atomic mass is 10.1. The van der Waals surface area contributed by atoms with Crippen LogP contribution >= 0.6 is 0 Å². The minimum atomic E-state index is 0.252. The zero-order chi connectivity index (χ0) is 16.1. The zero-order valence-corrected chi connectivity index (χ0v) is 14.0. The smallest absolute Gasteiger partial charge is 0.124 e. The van der Waals surface area contributed by atoms with Crippen molar-refractivity contribution in [2.45, 2.75) is 33.0 Å². The summed E-state index contributed by atoms with van der Waals surface area (Å²) in [6.45, 7) is 5.58. The molecule has 0 fully saturated rings. The third kappa shape index (κ3) is 3.67. The first kappa shape index (κ1) is 16.5. The lowest BCUT2D eigenvalue weighted by Gasteiger charge is -2.15. The van der Waals surface area contributed by atoms with Crippen molar-refractivity contribution in [3.05, 3.63) is 46.8 Å². The Balaban J connectivity index is 2.05. The summed E-state index contributed by atoms with van der Waals surface area (Å²) in [5, 5.41) is 7.84. The molecule has 2 rings (SSSR count). The second-order valence-electron chi connectivity index (χ2n) is 5.49. The lowest BCUT2D eigenvalue weighted by Crippen LogP contribution is -2.18. The number of methoxy groups -OCH3 is 2. The summed E-state index contributed by atoms with van der Waals surface area (Å²) in [6, 6.07) is 6.44. The minimum Gasteiger partial charge on any atom is -0.496 e. The molecule has 1 heterocycles. The number of hydrogen-bond acceptors (Lipinski definition) is 4. The summed E-state index contributed by atoms with van der Waals surface area (Å²) < 4.78 is 12.5. The molecule has 0 bridgehead atoms. The molecule has 0 saturated carbocycles. The molecule has 1 aromatic carbocycles. The highest BCUT2D eigenvalue weighted by molar-refractivity contribution is 5.37. The largest absolute Gasteiger partial charge is 0.496 e. The van der Waals surface area contributed by atoms with Crippen LogP contribution in [0.25, 0.3) is 0 Å². The summed E-state index contributed by atoms with van der Waals surface area (Å²) in [5.74, 6) is 0.863. The average Bonchev–Trinajstić information content (AvgIpc) is 2.85. The van der Waals surface area contributed by atoms with E-state index in [0.717, 1.165) is 17.9 Å². The Labute approximate surface area is 132 Å². The Hall–Kier alpha value is -1.85. The van der Waals surface area contributed by atoms with Crippen LogP contribution in [0, 0.1) is 6.92 Å². The quantitative estimate of drug-likeness (QED) is 0.854. The van der Waals surface area contributed by atoms with Gasteiger partial charge in [0.15, 0.2) is 0 Å². The zero-order valence-electron chi connectivity index (χ0n) is 14.0. The van der Waals surface area contributed by atoms with E-state index in [1.54, 1.807) is 14.2 Å². The second-order valence-corrected chi connectivity index (χ2v) is 5.49. The molecule has 0 aliphatic heterocycles. The molecule has 1 atom stereocenters. The molecule has 2 aromatic rings. The predicted octanol–water partition coefficient (Wildman–Crippen LogP) is 2.73. The fourth-order valence-electron chi connectivity index (χ4n) is 2.53. The first-order valence-corrected chi connectivity index (χ1v) is 7.43. The van der Waals surface area contributed by atoms with E-state index in [2.05, 4.69) is 36.4 Å². The van der Waals surface area contributed by atoms with Crippen molar-refractivity contribution in [1.29, 1.82) is 0 Å². The van der Waals surface area contributed by atoms with Crippen molar-refractivity contribution in [2.75, 3.05) is 14.2 Å². The Morgan fingerprint density at radius 2 is 2.09 bits per heavy atom. The standard InChI is InChI=1S/C17H25N3O2/c1-12(16-10-19-20(3)13(16)2)18-9-14-6-7-17(22-5)15(8-14)11-21-4/h6-8,10,12,18H,9,11H2,1-5H3. The number of hydrogen-bond donors (Lipinski definition) is 1. The maximum Gasteiger partial charge on any atom is 0.124 e. The van der Waals surface area contributed by atoms with E-state index in [1.165, 1.54) is 16.8 Å². The minimum absolute atomic E-state index is 0.252. The first-order chi connectivity index (χ1) is 10.6. The van der Waals surface area contributed by atoms with Crippen LogP contribution in [-0.2, 0) is 24.9 Å². The number of nitrogens with zero attached hydrogens (tertiary/aromatic N) is 2. The van der Waals surface area contributed by atoms with E-state index in [-0.39, 0.29) is 6.04 Å². The van der Waals surface area contributed by atoms with Gasteiger partial charge in [-0.1, -0.05) is 6.07 Å². The Morgan fingerprint density at radius 3 is 2.68 bits per heavy atom. The van der Waals surface area contributed by atoms with Gasteiger partial charge in [-0.05, 0) is 31.5 Å². The van der Waals surface area contributed by atoms with Gasteiger partial charge in [-0.3, -0.25) is 4.68 Å². The summed E-state index contributed by atoms with van der Waals surface area (Å²) >= 11 is 0. The highest BCUT2D eigenvalue weighted by atomic mass is 16.5. The van der Waals surface area contributed by atoms with E-state index in [9.17, 15) is 0 Å². The van der Waals surface area contributed by atoms with E-state index in [0.29, 0.717) is 6.61 Å². The normalized spacial score (nSPS) is 12.4. The highest BCUT2D eigenvalue weighted by Crippen LogP contribution is 2.22. The van der Waals surface area contributed by atoms with Crippen LogP contribution in [0.5, 0.6) is 5.75 Å². The van der Waals surface area contributed by atoms with Gasteiger partial charge >= 0.3 is 0 Å². The van der Waals surface area contributed by atoms with Gasteiger partial charge in [0.25, 0.3) is 0 Å². The molecule has 120 valence electrons. The second kappa shape index (κ2) is 7.42. The maximum absolute atomic E-state index is 5.35. The Kier molecular flexibility index (Phi) is 5.57. The fourth-order valence-corrected chi connectivity index (χ4v) is 2.53. The van der Waals surface area contributed by atoms with Gasteiger partial charge in [-0.2, -0.15) is 5.10 Å². The summed E-state index contributed by atoms with van der Waals surface area (Å²) in [5.41, 5.74) is 4.69.